The molecule has 5 nitrogen and oxygen atoms in total. The molecule has 6 heteroatoms. The first-order valence-corrected chi connectivity index (χ1v) is 4.95. The van der Waals surface area contributed by atoms with Crippen molar-refractivity contribution in [3.8, 4) is 5.75 Å². The van der Waals surface area contributed by atoms with Crippen LogP contribution in [0, 0.1) is 0 Å². The Balaban J connectivity index is 3.18. The lowest BCUT2D eigenvalue weighted by atomic mass is 10.1. The number of carbonyl (C=O) groups is 1. The maximum atomic E-state index is 10.9. The fourth-order valence-corrected chi connectivity index (χ4v) is 1.59. The fraction of sp³-hybridized carbons (Fsp3) is 0.222. The van der Waals surface area contributed by atoms with E-state index in [0.717, 1.165) is 0 Å². The van der Waals surface area contributed by atoms with E-state index in [4.69, 9.17) is 5.90 Å². The summed E-state index contributed by atoms with van der Waals surface area (Å²) in [6.07, 6.45) is 0. The molecular formula is C9H11BrN2O3. The molecule has 0 saturated carbocycles. The molecule has 0 spiro atoms. The van der Waals surface area contributed by atoms with E-state index >= 15 is 0 Å². The molecule has 1 rings (SSSR count). The monoisotopic (exact) mass is 274 g/mol. The summed E-state index contributed by atoms with van der Waals surface area (Å²) in [4.78, 5) is 15.4. The van der Waals surface area contributed by atoms with Gasteiger partial charge in [0.2, 0.25) is 5.91 Å². The molecule has 0 radical (unpaired) electrons. The summed E-state index contributed by atoms with van der Waals surface area (Å²) in [6.45, 7) is 1.44. The largest absolute Gasteiger partial charge is 0.506 e. The second-order valence-corrected chi connectivity index (χ2v) is 3.77. The third-order valence-corrected chi connectivity index (χ3v) is 2.51. The number of amides is 1. The van der Waals surface area contributed by atoms with Crippen LogP contribution in [0.15, 0.2) is 16.6 Å². The molecule has 4 N–H and O–H groups in total. The van der Waals surface area contributed by atoms with Crippen LogP contribution in [-0.2, 0) is 16.2 Å². The highest BCUT2D eigenvalue weighted by Crippen LogP contribution is 2.33. The number of carbonyl (C=O) groups excluding carboxylic acids is 1. The smallest absolute Gasteiger partial charge is 0.221 e. The van der Waals surface area contributed by atoms with Gasteiger partial charge in [-0.25, -0.2) is 5.90 Å². The van der Waals surface area contributed by atoms with Gasteiger partial charge in [0, 0.05) is 17.0 Å². The average molecular weight is 275 g/mol. The van der Waals surface area contributed by atoms with Crippen LogP contribution >= 0.6 is 15.9 Å². The molecule has 0 unspecified atom stereocenters. The zero-order valence-electron chi connectivity index (χ0n) is 8.08. The molecule has 0 aliphatic heterocycles. The van der Waals surface area contributed by atoms with E-state index in [-0.39, 0.29) is 18.3 Å². The normalized spacial score (nSPS) is 10.1. The third-order valence-electron chi connectivity index (χ3n) is 1.76. The predicted octanol–water partition coefficient (Wildman–Crippen LogP) is 1.50. The van der Waals surface area contributed by atoms with Crippen LogP contribution in [0.25, 0.3) is 0 Å². The van der Waals surface area contributed by atoms with Crippen LogP contribution < -0.4 is 11.2 Å². The van der Waals surface area contributed by atoms with Gasteiger partial charge < -0.3 is 10.4 Å². The van der Waals surface area contributed by atoms with Crippen LogP contribution in [0.1, 0.15) is 12.5 Å². The fourth-order valence-electron chi connectivity index (χ4n) is 1.15. The molecule has 82 valence electrons. The van der Waals surface area contributed by atoms with Crippen molar-refractivity contribution in [3.05, 3.63) is 22.2 Å². The van der Waals surface area contributed by atoms with Gasteiger partial charge in [0.25, 0.3) is 0 Å². The maximum Gasteiger partial charge on any atom is 0.221 e. The van der Waals surface area contributed by atoms with Crippen molar-refractivity contribution in [3.63, 3.8) is 0 Å². The first-order valence-electron chi connectivity index (χ1n) is 4.16. The van der Waals surface area contributed by atoms with Gasteiger partial charge >= 0.3 is 0 Å². The van der Waals surface area contributed by atoms with Gasteiger partial charge in [-0.2, -0.15) is 0 Å². The van der Waals surface area contributed by atoms with Gasteiger partial charge in [-0.15, -0.1) is 0 Å². The lowest BCUT2D eigenvalue weighted by molar-refractivity contribution is -0.114. The number of hydrogen-bond acceptors (Lipinski definition) is 4. The molecule has 0 aromatic heterocycles. The van der Waals surface area contributed by atoms with Crippen LogP contribution in [-0.4, -0.2) is 11.0 Å². The lowest BCUT2D eigenvalue weighted by Crippen LogP contribution is -2.10. The van der Waals surface area contributed by atoms with Crippen molar-refractivity contribution in [2.24, 2.45) is 5.90 Å². The Kier molecular flexibility index (Phi) is 4.07. The van der Waals surface area contributed by atoms with E-state index in [1.54, 1.807) is 6.07 Å². The second kappa shape index (κ2) is 5.11. The van der Waals surface area contributed by atoms with E-state index < -0.39 is 0 Å². The molecule has 0 fully saturated rings. The number of rotatable bonds is 3. The summed E-state index contributed by atoms with van der Waals surface area (Å²) in [7, 11) is 0. The lowest BCUT2D eigenvalue weighted by Gasteiger charge is -2.12. The summed E-state index contributed by atoms with van der Waals surface area (Å²) in [5.41, 5.74) is 0.898. The van der Waals surface area contributed by atoms with Crippen LogP contribution in [0.4, 0.5) is 5.69 Å². The van der Waals surface area contributed by atoms with Gasteiger partial charge in [0.15, 0.2) is 0 Å². The number of hydrogen-bond donors (Lipinski definition) is 3. The summed E-state index contributed by atoms with van der Waals surface area (Å²) < 4.78 is 0.703. The predicted molar refractivity (Wildman–Crippen MR) is 59.1 cm³/mol. The Labute approximate surface area is 95.3 Å². The molecule has 0 heterocycles. The van der Waals surface area contributed by atoms with Crippen molar-refractivity contribution < 1.29 is 14.7 Å². The molecule has 1 aromatic carbocycles. The number of benzene rings is 1. The van der Waals surface area contributed by atoms with Crippen molar-refractivity contribution >= 4 is 27.5 Å². The van der Waals surface area contributed by atoms with Gasteiger partial charge in [0.05, 0.1) is 12.3 Å². The van der Waals surface area contributed by atoms with Gasteiger partial charge in [-0.05, 0) is 12.1 Å². The summed E-state index contributed by atoms with van der Waals surface area (Å²) in [5, 5.41) is 12.1. The van der Waals surface area contributed by atoms with Crippen LogP contribution in [0.3, 0.4) is 0 Å². The highest BCUT2D eigenvalue weighted by molar-refractivity contribution is 9.10. The Morgan fingerprint density at radius 1 is 1.67 bits per heavy atom. The zero-order chi connectivity index (χ0) is 11.4. The molecule has 0 aliphatic carbocycles. The standard InChI is InChI=1S/C9H11BrN2O3/c1-5(13)12-9-6(4-15-11)7(10)2-3-8(9)14/h2-3,14H,4,11H2,1H3,(H,12,13). The molecule has 1 aromatic rings. The van der Waals surface area contributed by atoms with E-state index in [0.29, 0.717) is 15.7 Å². The molecular weight excluding hydrogens is 264 g/mol. The van der Waals surface area contributed by atoms with Gasteiger partial charge in [-0.3, -0.25) is 9.63 Å². The van der Waals surface area contributed by atoms with Crippen molar-refractivity contribution in [1.29, 1.82) is 0 Å². The topological polar surface area (TPSA) is 84.6 Å². The number of anilines is 1. The minimum Gasteiger partial charge on any atom is -0.506 e. The third kappa shape index (κ3) is 2.92. The molecule has 1 amide bonds. The van der Waals surface area contributed by atoms with Crippen molar-refractivity contribution in [2.45, 2.75) is 13.5 Å². The van der Waals surface area contributed by atoms with Crippen LogP contribution in [0.5, 0.6) is 5.75 Å². The number of aromatic hydroxyl groups is 1. The Morgan fingerprint density at radius 3 is 2.87 bits per heavy atom. The summed E-state index contributed by atoms with van der Waals surface area (Å²) >= 11 is 3.27. The first kappa shape index (κ1) is 12.0. The Bertz CT molecular complexity index is 382. The minimum absolute atomic E-state index is 0.0274. The number of phenolic OH excluding ortho intramolecular Hbond substituents is 1. The number of nitrogens with two attached hydrogens (primary N) is 1. The minimum atomic E-state index is -0.276. The van der Waals surface area contributed by atoms with E-state index in [1.165, 1.54) is 13.0 Å². The summed E-state index contributed by atoms with van der Waals surface area (Å²) in [6, 6.07) is 3.12. The Hall–Kier alpha value is -1.11. The SMILES string of the molecule is CC(=O)Nc1c(O)ccc(Br)c1CON. The van der Waals surface area contributed by atoms with E-state index in [1.807, 2.05) is 0 Å². The average Bonchev–Trinajstić information content (AvgIpc) is 2.17. The second-order valence-electron chi connectivity index (χ2n) is 2.91. The first-order chi connectivity index (χ1) is 7.06. The molecule has 0 bridgehead atoms. The van der Waals surface area contributed by atoms with E-state index in [9.17, 15) is 9.90 Å². The van der Waals surface area contributed by atoms with Gasteiger partial charge in [0.1, 0.15) is 5.75 Å². The zero-order valence-corrected chi connectivity index (χ0v) is 9.67. The Morgan fingerprint density at radius 2 is 2.33 bits per heavy atom. The molecule has 0 atom stereocenters. The number of halogens is 1. The van der Waals surface area contributed by atoms with Crippen molar-refractivity contribution in [1.82, 2.24) is 0 Å². The number of nitrogens with one attached hydrogen (secondary N) is 1. The van der Waals surface area contributed by atoms with Crippen LogP contribution in [0.2, 0.25) is 0 Å². The highest BCUT2D eigenvalue weighted by Gasteiger charge is 2.12. The van der Waals surface area contributed by atoms with Crippen molar-refractivity contribution in [2.75, 3.05) is 5.32 Å². The number of phenols is 1. The molecule has 0 aliphatic rings. The quantitative estimate of drug-likeness (QED) is 0.576. The summed E-state index contributed by atoms with van der Waals surface area (Å²) in [5.74, 6) is 4.66. The van der Waals surface area contributed by atoms with Gasteiger partial charge in [-0.1, -0.05) is 15.9 Å². The maximum absolute atomic E-state index is 10.9. The highest BCUT2D eigenvalue weighted by atomic mass is 79.9. The molecule has 15 heavy (non-hydrogen) atoms. The molecule has 0 saturated heterocycles. The van der Waals surface area contributed by atoms with E-state index in [2.05, 4.69) is 26.1 Å².